The van der Waals surface area contributed by atoms with Crippen molar-refractivity contribution in [1.29, 1.82) is 0 Å². The molecule has 2 aromatic heterocycles. The number of nitrogen functional groups attached to an aromatic ring is 1. The Balaban J connectivity index is 2.06. The minimum absolute atomic E-state index is 0.514. The molecule has 0 unspecified atom stereocenters. The molecule has 5 heteroatoms. The Morgan fingerprint density at radius 3 is 2.88 bits per heavy atom. The summed E-state index contributed by atoms with van der Waals surface area (Å²) in [5.41, 5.74) is 8.01. The summed E-state index contributed by atoms with van der Waals surface area (Å²) >= 11 is 0. The van der Waals surface area contributed by atoms with Gasteiger partial charge < -0.3 is 5.73 Å². The van der Waals surface area contributed by atoms with E-state index in [0.717, 1.165) is 24.4 Å². The monoisotopic (exact) mass is 229 g/mol. The molecule has 2 N–H and O–H groups in total. The molecule has 1 aliphatic rings. The zero-order valence-electron chi connectivity index (χ0n) is 9.63. The van der Waals surface area contributed by atoms with Crippen LogP contribution >= 0.6 is 0 Å². The molecule has 5 nitrogen and oxygen atoms in total. The third kappa shape index (κ3) is 1.88. The van der Waals surface area contributed by atoms with Crippen LogP contribution in [0.4, 0.5) is 5.82 Å². The fraction of sp³-hybridized carbons (Fsp3) is 0.417. The summed E-state index contributed by atoms with van der Waals surface area (Å²) in [6.45, 7) is 0. The second-order valence-electron chi connectivity index (χ2n) is 4.38. The summed E-state index contributed by atoms with van der Waals surface area (Å²) < 4.78 is 1.83. The molecule has 0 bridgehead atoms. The first kappa shape index (κ1) is 10.3. The van der Waals surface area contributed by atoms with Gasteiger partial charge in [0.2, 0.25) is 0 Å². The van der Waals surface area contributed by atoms with Crippen molar-refractivity contribution in [3.63, 3.8) is 0 Å². The molecule has 0 aliphatic heterocycles. The van der Waals surface area contributed by atoms with E-state index in [0.29, 0.717) is 5.82 Å². The molecule has 0 saturated heterocycles. The maximum atomic E-state index is 5.70. The van der Waals surface area contributed by atoms with E-state index in [9.17, 15) is 0 Å². The summed E-state index contributed by atoms with van der Waals surface area (Å²) in [5, 5.41) is 8.45. The number of anilines is 1. The van der Waals surface area contributed by atoms with Gasteiger partial charge in [-0.05, 0) is 37.8 Å². The number of aryl methyl sites for hydroxylation is 1. The zero-order chi connectivity index (χ0) is 11.7. The van der Waals surface area contributed by atoms with Crippen molar-refractivity contribution in [2.24, 2.45) is 0 Å². The van der Waals surface area contributed by atoms with E-state index in [-0.39, 0.29) is 0 Å². The molecule has 3 rings (SSSR count). The van der Waals surface area contributed by atoms with Gasteiger partial charge in [-0.25, -0.2) is 4.98 Å². The summed E-state index contributed by atoms with van der Waals surface area (Å²) in [6, 6.07) is 5.58. The Labute approximate surface area is 99.7 Å². The van der Waals surface area contributed by atoms with Crippen molar-refractivity contribution in [1.82, 2.24) is 20.0 Å². The Morgan fingerprint density at radius 2 is 2.00 bits per heavy atom. The summed E-state index contributed by atoms with van der Waals surface area (Å²) in [7, 11) is 0. The van der Waals surface area contributed by atoms with Gasteiger partial charge in [0.25, 0.3) is 0 Å². The number of pyridine rings is 1. The number of nitrogens with two attached hydrogens (primary N) is 1. The average molecular weight is 229 g/mol. The lowest BCUT2D eigenvalue weighted by molar-refractivity contribution is 0.666. The van der Waals surface area contributed by atoms with Crippen molar-refractivity contribution >= 4 is 5.82 Å². The maximum Gasteiger partial charge on any atom is 0.157 e. The first-order chi connectivity index (χ1) is 8.34. The second kappa shape index (κ2) is 4.16. The zero-order valence-corrected chi connectivity index (χ0v) is 9.63. The number of hydrogen-bond acceptors (Lipinski definition) is 4. The van der Waals surface area contributed by atoms with Crippen LogP contribution in [0.5, 0.6) is 0 Å². The Hall–Kier alpha value is -1.91. The van der Waals surface area contributed by atoms with Gasteiger partial charge in [-0.1, -0.05) is 17.7 Å². The third-order valence-electron chi connectivity index (χ3n) is 3.14. The van der Waals surface area contributed by atoms with Crippen LogP contribution in [-0.4, -0.2) is 20.0 Å². The van der Waals surface area contributed by atoms with Crippen LogP contribution in [0.2, 0.25) is 0 Å². The van der Waals surface area contributed by atoms with Gasteiger partial charge in [-0.2, -0.15) is 4.68 Å². The van der Waals surface area contributed by atoms with Crippen LogP contribution in [0.3, 0.4) is 0 Å². The molecule has 0 amide bonds. The molecular formula is C12H15N5. The molecule has 0 atom stereocenters. The molecular weight excluding hydrogens is 214 g/mol. The average Bonchev–Trinajstić information content (AvgIpc) is 2.59. The molecule has 0 spiro atoms. The number of fused-ring (bicyclic) bond motifs is 1. The predicted octanol–water partition coefficient (Wildman–Crippen LogP) is 1.51. The highest BCUT2D eigenvalue weighted by Gasteiger charge is 2.16. The normalized spacial score (nSPS) is 15.3. The van der Waals surface area contributed by atoms with Gasteiger partial charge in [-0.15, -0.1) is 5.10 Å². The second-order valence-corrected chi connectivity index (χ2v) is 4.38. The van der Waals surface area contributed by atoms with Gasteiger partial charge in [0.05, 0.1) is 11.4 Å². The van der Waals surface area contributed by atoms with E-state index in [1.165, 1.54) is 25.0 Å². The van der Waals surface area contributed by atoms with E-state index in [1.54, 1.807) is 6.07 Å². The largest absolute Gasteiger partial charge is 0.384 e. The SMILES string of the molecule is Nc1cccc(-n2nnc3c2CCCCC3)n1. The van der Waals surface area contributed by atoms with Crippen molar-refractivity contribution in [3.05, 3.63) is 29.6 Å². The van der Waals surface area contributed by atoms with E-state index < -0.39 is 0 Å². The van der Waals surface area contributed by atoms with Crippen molar-refractivity contribution in [2.75, 3.05) is 5.73 Å². The first-order valence-corrected chi connectivity index (χ1v) is 6.01. The fourth-order valence-electron chi connectivity index (χ4n) is 2.28. The highest BCUT2D eigenvalue weighted by molar-refractivity contribution is 5.36. The molecule has 0 fully saturated rings. The Bertz CT molecular complexity index is 531. The van der Waals surface area contributed by atoms with Crippen molar-refractivity contribution < 1.29 is 0 Å². The van der Waals surface area contributed by atoms with Crippen molar-refractivity contribution in [3.8, 4) is 5.82 Å². The molecule has 88 valence electrons. The molecule has 0 saturated carbocycles. The quantitative estimate of drug-likeness (QED) is 0.752. The van der Waals surface area contributed by atoms with Gasteiger partial charge >= 0.3 is 0 Å². The number of hydrogen-bond donors (Lipinski definition) is 1. The lowest BCUT2D eigenvalue weighted by Crippen LogP contribution is -2.06. The summed E-state index contributed by atoms with van der Waals surface area (Å²) in [4.78, 5) is 4.29. The molecule has 2 aromatic rings. The van der Waals surface area contributed by atoms with Gasteiger partial charge in [0, 0.05) is 0 Å². The number of nitrogens with zero attached hydrogens (tertiary/aromatic N) is 4. The van der Waals surface area contributed by atoms with Gasteiger partial charge in [0.1, 0.15) is 5.82 Å². The molecule has 0 aromatic carbocycles. The van der Waals surface area contributed by atoms with Crippen LogP contribution in [0.25, 0.3) is 5.82 Å². The van der Waals surface area contributed by atoms with Crippen molar-refractivity contribution in [2.45, 2.75) is 32.1 Å². The fourth-order valence-corrected chi connectivity index (χ4v) is 2.28. The number of rotatable bonds is 1. The van der Waals surface area contributed by atoms with Crippen LogP contribution in [-0.2, 0) is 12.8 Å². The highest BCUT2D eigenvalue weighted by atomic mass is 15.4. The number of aromatic nitrogens is 4. The first-order valence-electron chi connectivity index (χ1n) is 6.01. The highest BCUT2D eigenvalue weighted by Crippen LogP contribution is 2.20. The van der Waals surface area contributed by atoms with Crippen LogP contribution in [0.1, 0.15) is 30.7 Å². The van der Waals surface area contributed by atoms with Crippen LogP contribution < -0.4 is 5.73 Å². The van der Waals surface area contributed by atoms with Gasteiger partial charge in [0.15, 0.2) is 5.82 Å². The Morgan fingerprint density at radius 1 is 1.12 bits per heavy atom. The standard InChI is InChI=1S/C12H15N5/c13-11-7-4-8-12(14-11)17-10-6-3-1-2-5-9(10)15-16-17/h4,7-8H,1-3,5-6H2,(H2,13,14). The van der Waals surface area contributed by atoms with E-state index >= 15 is 0 Å². The van der Waals surface area contributed by atoms with E-state index in [1.807, 2.05) is 16.8 Å². The molecule has 17 heavy (non-hydrogen) atoms. The van der Waals surface area contributed by atoms with E-state index in [4.69, 9.17) is 5.73 Å². The minimum Gasteiger partial charge on any atom is -0.384 e. The topological polar surface area (TPSA) is 69.6 Å². The molecule has 0 radical (unpaired) electrons. The summed E-state index contributed by atoms with van der Waals surface area (Å²) in [5.74, 6) is 1.28. The van der Waals surface area contributed by atoms with Crippen LogP contribution in [0.15, 0.2) is 18.2 Å². The minimum atomic E-state index is 0.514. The maximum absolute atomic E-state index is 5.70. The van der Waals surface area contributed by atoms with Gasteiger partial charge in [-0.3, -0.25) is 0 Å². The molecule has 1 aliphatic carbocycles. The lowest BCUT2D eigenvalue weighted by atomic mass is 10.2. The summed E-state index contributed by atoms with van der Waals surface area (Å²) in [6.07, 6.45) is 5.72. The lowest BCUT2D eigenvalue weighted by Gasteiger charge is -2.05. The smallest absolute Gasteiger partial charge is 0.157 e. The third-order valence-corrected chi connectivity index (χ3v) is 3.14. The Kier molecular flexibility index (Phi) is 2.51. The van der Waals surface area contributed by atoms with Crippen LogP contribution in [0, 0.1) is 0 Å². The molecule has 2 heterocycles. The van der Waals surface area contributed by atoms with E-state index in [2.05, 4.69) is 15.3 Å². The predicted molar refractivity (Wildman–Crippen MR) is 64.8 cm³/mol.